The largest absolute Gasteiger partial charge is 0.489 e. The molecule has 3 rings (SSSR count). The van der Waals surface area contributed by atoms with E-state index in [-0.39, 0.29) is 12.2 Å². The van der Waals surface area contributed by atoms with Gasteiger partial charge in [-0.05, 0) is 60.3 Å². The van der Waals surface area contributed by atoms with Gasteiger partial charge in [-0.15, -0.1) is 11.8 Å². The van der Waals surface area contributed by atoms with Crippen molar-refractivity contribution in [2.75, 3.05) is 25.6 Å². The van der Waals surface area contributed by atoms with Gasteiger partial charge in [-0.3, -0.25) is 14.9 Å². The van der Waals surface area contributed by atoms with Gasteiger partial charge in [0.05, 0.1) is 18.3 Å². The summed E-state index contributed by atoms with van der Waals surface area (Å²) in [5.41, 5.74) is 2.06. The molecule has 0 saturated heterocycles. The normalized spacial score (nSPS) is 12.2. The van der Waals surface area contributed by atoms with Gasteiger partial charge in [0.25, 0.3) is 0 Å². The number of halogens is 2. The predicted molar refractivity (Wildman–Crippen MR) is 141 cm³/mol. The summed E-state index contributed by atoms with van der Waals surface area (Å²) >= 11 is 1.30. The molecule has 3 aromatic rings. The van der Waals surface area contributed by atoms with Crippen molar-refractivity contribution in [1.29, 1.82) is 0 Å². The fraction of sp³-hybridized carbons (Fsp3) is 0.231. The van der Waals surface area contributed by atoms with E-state index in [2.05, 4.69) is 10.0 Å². The van der Waals surface area contributed by atoms with Gasteiger partial charge < -0.3 is 9.84 Å². The first kappa shape index (κ1) is 29.2. The summed E-state index contributed by atoms with van der Waals surface area (Å²) in [5.74, 6) is -3.78. The third kappa shape index (κ3) is 7.84. The number of rotatable bonds is 13. The molecule has 0 spiro atoms. The van der Waals surface area contributed by atoms with Crippen molar-refractivity contribution in [3.63, 3.8) is 0 Å². The molecule has 0 saturated carbocycles. The molecule has 8 nitrogen and oxygen atoms in total. The maximum atomic E-state index is 13.8. The molecule has 0 amide bonds. The lowest BCUT2D eigenvalue weighted by atomic mass is 10.0. The minimum Gasteiger partial charge on any atom is -0.489 e. The molecule has 3 aromatic carbocycles. The monoisotopic (exact) mass is 564 g/mol. The Labute approximate surface area is 223 Å². The van der Waals surface area contributed by atoms with E-state index in [1.54, 1.807) is 48.7 Å². The van der Waals surface area contributed by atoms with E-state index < -0.39 is 51.7 Å². The Morgan fingerprint density at radius 1 is 1.05 bits per heavy atom. The highest BCUT2D eigenvalue weighted by Gasteiger charge is 2.26. The molecular weight excluding hydrogens is 538 g/mol. The number of sulfonamides is 1. The van der Waals surface area contributed by atoms with Gasteiger partial charge in [0, 0.05) is 10.5 Å². The lowest BCUT2D eigenvalue weighted by Crippen LogP contribution is -2.46. The van der Waals surface area contributed by atoms with Crippen molar-refractivity contribution in [2.45, 2.75) is 17.5 Å². The van der Waals surface area contributed by atoms with Crippen LogP contribution in [0.2, 0.25) is 0 Å². The van der Waals surface area contributed by atoms with Crippen LogP contribution in [0.5, 0.6) is 5.75 Å². The molecule has 202 valence electrons. The summed E-state index contributed by atoms with van der Waals surface area (Å²) in [7, 11) is -2.59. The number of Topliss-reactive ketones (excluding diaryl/α,β-unsaturated/α-hetero) is 1. The van der Waals surface area contributed by atoms with Gasteiger partial charge in [-0.1, -0.05) is 30.3 Å². The zero-order valence-corrected chi connectivity index (χ0v) is 22.2. The molecule has 0 aliphatic heterocycles. The van der Waals surface area contributed by atoms with Crippen LogP contribution in [0.15, 0.2) is 65.6 Å². The maximum absolute atomic E-state index is 13.8. The zero-order valence-electron chi connectivity index (χ0n) is 20.5. The van der Waals surface area contributed by atoms with Crippen LogP contribution in [0.3, 0.4) is 0 Å². The molecule has 12 heteroatoms. The van der Waals surface area contributed by atoms with Crippen LogP contribution in [0.1, 0.15) is 15.9 Å². The summed E-state index contributed by atoms with van der Waals surface area (Å²) in [6.45, 7) is -0.499. The predicted octanol–water partition coefficient (Wildman–Crippen LogP) is 3.71. The number of carboxylic acids is 1. The Balaban J connectivity index is 1.72. The number of ether oxygens (including phenoxy) is 1. The SMILES string of the molecule is CNS(=O)(=O)CC(NCC(=O)O)C(=O)c1cccc(COc2ccc(-c3cc(F)c(F)cc3SC)cc2)c1. The van der Waals surface area contributed by atoms with Gasteiger partial charge in [0.15, 0.2) is 17.4 Å². The highest BCUT2D eigenvalue weighted by atomic mass is 32.2. The number of benzene rings is 3. The van der Waals surface area contributed by atoms with E-state index in [9.17, 15) is 26.8 Å². The Hall–Kier alpha value is -3.32. The number of carboxylic acid groups (broad SMARTS) is 1. The Morgan fingerprint density at radius 3 is 2.37 bits per heavy atom. The Morgan fingerprint density at radius 2 is 1.74 bits per heavy atom. The second-order valence-electron chi connectivity index (χ2n) is 8.16. The number of nitrogens with one attached hydrogen (secondary N) is 2. The smallest absolute Gasteiger partial charge is 0.317 e. The van der Waals surface area contributed by atoms with Crippen molar-refractivity contribution < 1.29 is 36.6 Å². The average Bonchev–Trinajstić information content (AvgIpc) is 2.91. The maximum Gasteiger partial charge on any atom is 0.317 e. The number of carbonyl (C=O) groups is 2. The number of aliphatic carboxylic acids is 1. The van der Waals surface area contributed by atoms with Crippen molar-refractivity contribution in [2.24, 2.45) is 0 Å². The topological polar surface area (TPSA) is 122 Å². The molecular formula is C26H26F2N2O6S2. The minimum absolute atomic E-state index is 0.0870. The van der Waals surface area contributed by atoms with Crippen LogP contribution in [0.4, 0.5) is 8.78 Å². The highest BCUT2D eigenvalue weighted by Crippen LogP contribution is 2.33. The van der Waals surface area contributed by atoms with Gasteiger partial charge in [-0.25, -0.2) is 21.9 Å². The molecule has 0 aromatic heterocycles. The molecule has 38 heavy (non-hydrogen) atoms. The summed E-state index contributed by atoms with van der Waals surface area (Å²) in [4.78, 5) is 24.5. The zero-order chi connectivity index (χ0) is 27.9. The second kappa shape index (κ2) is 13.0. The lowest BCUT2D eigenvalue weighted by Gasteiger charge is -2.17. The molecule has 0 fully saturated rings. The van der Waals surface area contributed by atoms with Gasteiger partial charge >= 0.3 is 5.97 Å². The van der Waals surface area contributed by atoms with Crippen LogP contribution in [-0.2, 0) is 21.4 Å². The number of ketones is 1. The van der Waals surface area contributed by atoms with Crippen molar-refractivity contribution >= 4 is 33.5 Å². The fourth-order valence-corrected chi connectivity index (χ4v) is 5.07. The van der Waals surface area contributed by atoms with Gasteiger partial charge in [0.2, 0.25) is 10.0 Å². The first-order chi connectivity index (χ1) is 18.0. The van der Waals surface area contributed by atoms with E-state index >= 15 is 0 Å². The molecule has 0 radical (unpaired) electrons. The van der Waals surface area contributed by atoms with Crippen molar-refractivity contribution in [3.8, 4) is 16.9 Å². The van der Waals surface area contributed by atoms with E-state index in [0.29, 0.717) is 27.3 Å². The summed E-state index contributed by atoms with van der Waals surface area (Å²) in [6, 6.07) is 14.3. The minimum atomic E-state index is -3.80. The van der Waals surface area contributed by atoms with E-state index in [4.69, 9.17) is 9.84 Å². The number of carbonyl (C=O) groups excluding carboxylic acids is 1. The number of thioether (sulfide) groups is 1. The Bertz CT molecular complexity index is 1420. The average molecular weight is 565 g/mol. The van der Waals surface area contributed by atoms with E-state index in [1.807, 2.05) is 0 Å². The van der Waals surface area contributed by atoms with Crippen LogP contribution in [-0.4, -0.2) is 56.9 Å². The fourth-order valence-electron chi connectivity index (χ4n) is 3.58. The van der Waals surface area contributed by atoms with Gasteiger partial charge in [-0.2, -0.15) is 0 Å². The van der Waals surface area contributed by atoms with E-state index in [1.165, 1.54) is 24.9 Å². The first-order valence-corrected chi connectivity index (χ1v) is 14.2. The van der Waals surface area contributed by atoms with Crippen LogP contribution in [0.25, 0.3) is 11.1 Å². The molecule has 0 aliphatic carbocycles. The summed E-state index contributed by atoms with van der Waals surface area (Å²) < 4.78 is 59.3. The molecule has 1 unspecified atom stereocenters. The first-order valence-electron chi connectivity index (χ1n) is 11.3. The van der Waals surface area contributed by atoms with E-state index in [0.717, 1.165) is 12.1 Å². The molecule has 3 N–H and O–H groups in total. The number of hydrogen-bond donors (Lipinski definition) is 3. The third-order valence-electron chi connectivity index (χ3n) is 5.54. The second-order valence-corrected chi connectivity index (χ2v) is 11.0. The Kier molecular flexibility index (Phi) is 9.97. The van der Waals surface area contributed by atoms with Crippen LogP contribution < -0.4 is 14.8 Å². The quantitative estimate of drug-likeness (QED) is 0.212. The third-order valence-corrected chi connectivity index (χ3v) is 7.71. The van der Waals surface area contributed by atoms with Crippen LogP contribution >= 0.6 is 11.8 Å². The van der Waals surface area contributed by atoms with Gasteiger partial charge in [0.1, 0.15) is 12.4 Å². The molecule has 0 heterocycles. The number of hydrogen-bond acceptors (Lipinski definition) is 7. The highest BCUT2D eigenvalue weighted by molar-refractivity contribution is 7.98. The molecule has 1 atom stereocenters. The van der Waals surface area contributed by atoms with Crippen molar-refractivity contribution in [3.05, 3.63) is 83.4 Å². The lowest BCUT2D eigenvalue weighted by molar-refractivity contribution is -0.136. The summed E-state index contributed by atoms with van der Waals surface area (Å²) in [5, 5.41) is 11.4. The van der Waals surface area contributed by atoms with Crippen LogP contribution in [0, 0.1) is 11.6 Å². The van der Waals surface area contributed by atoms with Crippen molar-refractivity contribution in [1.82, 2.24) is 10.0 Å². The molecule has 0 aliphatic rings. The summed E-state index contributed by atoms with van der Waals surface area (Å²) in [6.07, 6.45) is 1.77. The molecule has 0 bridgehead atoms. The standard InChI is InChI=1S/C26H26F2N2O6S2/c1-29-38(34,35)15-23(30-13-25(31)32)26(33)18-5-3-4-16(10-18)14-36-19-8-6-17(7-9-19)20-11-21(27)22(28)12-24(20)37-2/h3-12,23,29-30H,13-15H2,1-2H3,(H,31,32).